The van der Waals surface area contributed by atoms with Gasteiger partial charge in [0.15, 0.2) is 21.3 Å². The first-order chi connectivity index (χ1) is 19.1. The second-order valence-electron chi connectivity index (χ2n) is 10.8. The largest absolute Gasteiger partial charge is 0.358 e. The highest BCUT2D eigenvalue weighted by Crippen LogP contribution is 2.41. The van der Waals surface area contributed by atoms with Gasteiger partial charge in [0.25, 0.3) is 6.43 Å². The van der Waals surface area contributed by atoms with Crippen LogP contribution in [0.3, 0.4) is 0 Å². The second kappa shape index (κ2) is 10.3. The fourth-order valence-corrected chi connectivity index (χ4v) is 6.22. The molecule has 13 heteroatoms. The molecule has 2 saturated carbocycles. The summed E-state index contributed by atoms with van der Waals surface area (Å²) in [5.41, 5.74) is 1.45. The number of rotatable bonds is 8. The Morgan fingerprint density at radius 3 is 2.48 bits per heavy atom. The highest BCUT2D eigenvalue weighted by molar-refractivity contribution is 7.90. The van der Waals surface area contributed by atoms with E-state index in [1.807, 2.05) is 6.07 Å². The van der Waals surface area contributed by atoms with E-state index < -0.39 is 46.3 Å². The number of aromatic nitrogens is 3. The average molecular weight is 578 g/mol. The van der Waals surface area contributed by atoms with Crippen molar-refractivity contribution in [1.29, 1.82) is 0 Å². The van der Waals surface area contributed by atoms with Crippen molar-refractivity contribution in [2.24, 2.45) is 5.92 Å². The summed E-state index contributed by atoms with van der Waals surface area (Å²) >= 11 is 0. The van der Waals surface area contributed by atoms with Crippen LogP contribution in [0.4, 0.5) is 30.4 Å². The van der Waals surface area contributed by atoms with Gasteiger partial charge >= 0.3 is 0 Å². The van der Waals surface area contributed by atoms with Crippen LogP contribution in [-0.2, 0) is 19.4 Å². The van der Waals surface area contributed by atoms with Gasteiger partial charge in [0.2, 0.25) is 5.91 Å². The van der Waals surface area contributed by atoms with Crippen molar-refractivity contribution >= 4 is 44.1 Å². The molecular formula is C27H30F3N5O4S. The number of benzene rings is 1. The molecule has 6 rings (SSSR count). The fourth-order valence-electron chi connectivity index (χ4n) is 5.35. The zero-order chi connectivity index (χ0) is 28.2. The molecule has 1 saturated heterocycles. The minimum absolute atomic E-state index is 0.00358. The molecular weight excluding hydrogens is 547 g/mol. The number of amides is 1. The molecule has 3 heterocycles. The lowest BCUT2D eigenvalue weighted by Gasteiger charge is -2.26. The van der Waals surface area contributed by atoms with Gasteiger partial charge in [-0.1, -0.05) is 12.5 Å². The highest BCUT2D eigenvalue weighted by atomic mass is 32.2. The average Bonchev–Trinajstić information content (AvgIpc) is 3.48. The van der Waals surface area contributed by atoms with Crippen molar-refractivity contribution in [2.75, 3.05) is 23.5 Å². The van der Waals surface area contributed by atoms with Gasteiger partial charge in [0, 0.05) is 18.9 Å². The zero-order valence-corrected chi connectivity index (χ0v) is 22.7. The molecule has 3 aromatic rings. The standard InChI is InChI=1S/C27H30F3N5O4S/c1-40(37,38)20-11-15(14-5-4-6-14)8-9-18(20)31-19-13-21(33-27(36)16-12-17(16)28)32-25-23(19)34-26(24(29)30)35(25)22-7-2-3-10-39-22/h8-9,11,13-14,16-17,22,24H,2-7,10,12H2,1H3,(H2,31,32,33,36)/t16-,17+,22?/m0/s1. The number of pyridine rings is 1. The van der Waals surface area contributed by atoms with Crippen molar-refractivity contribution < 1.29 is 31.1 Å². The second-order valence-corrected chi connectivity index (χ2v) is 12.8. The first-order valence-corrected chi connectivity index (χ1v) is 15.4. The lowest BCUT2D eigenvalue weighted by Crippen LogP contribution is -2.21. The number of alkyl halides is 3. The molecule has 2 aromatic heterocycles. The molecule has 3 atom stereocenters. The number of halogens is 3. The molecule has 0 spiro atoms. The molecule has 214 valence electrons. The van der Waals surface area contributed by atoms with Crippen LogP contribution in [0.2, 0.25) is 0 Å². The summed E-state index contributed by atoms with van der Waals surface area (Å²) < 4.78 is 74.7. The van der Waals surface area contributed by atoms with Gasteiger partial charge in [-0.05, 0) is 62.1 Å². The first kappa shape index (κ1) is 27.0. The summed E-state index contributed by atoms with van der Waals surface area (Å²) in [5.74, 6) is -1.61. The molecule has 3 fully saturated rings. The number of hydrogen-bond donors (Lipinski definition) is 2. The van der Waals surface area contributed by atoms with Crippen molar-refractivity contribution in [2.45, 2.75) is 74.6 Å². The molecule has 1 amide bonds. The van der Waals surface area contributed by atoms with Crippen LogP contribution in [0.25, 0.3) is 11.2 Å². The van der Waals surface area contributed by atoms with Gasteiger partial charge in [0.05, 0.1) is 22.2 Å². The number of ether oxygens (including phenoxy) is 1. The predicted octanol–water partition coefficient (Wildman–Crippen LogP) is 5.78. The quantitative estimate of drug-likeness (QED) is 0.349. The van der Waals surface area contributed by atoms with Gasteiger partial charge in [-0.2, -0.15) is 0 Å². The van der Waals surface area contributed by atoms with Crippen LogP contribution >= 0.6 is 0 Å². The maximum atomic E-state index is 14.2. The Balaban J connectivity index is 1.48. The normalized spacial score (nSPS) is 23.3. The van der Waals surface area contributed by atoms with E-state index >= 15 is 0 Å². The number of carbonyl (C=O) groups is 1. The molecule has 9 nitrogen and oxygen atoms in total. The molecule has 1 aliphatic heterocycles. The Labute approximate surface area is 229 Å². The van der Waals surface area contributed by atoms with Crippen LogP contribution < -0.4 is 10.6 Å². The number of hydrogen-bond acceptors (Lipinski definition) is 7. The number of imidazole rings is 1. The van der Waals surface area contributed by atoms with E-state index in [0.717, 1.165) is 43.9 Å². The third-order valence-electron chi connectivity index (χ3n) is 7.87. The predicted molar refractivity (Wildman–Crippen MR) is 142 cm³/mol. The molecule has 1 aromatic carbocycles. The fraction of sp³-hybridized carbons (Fsp3) is 0.519. The number of sulfone groups is 1. The van der Waals surface area contributed by atoms with E-state index in [2.05, 4.69) is 20.6 Å². The Morgan fingerprint density at radius 2 is 1.88 bits per heavy atom. The Morgan fingerprint density at radius 1 is 1.10 bits per heavy atom. The molecule has 0 bridgehead atoms. The van der Waals surface area contributed by atoms with Gasteiger partial charge in [-0.3, -0.25) is 9.36 Å². The van der Waals surface area contributed by atoms with Crippen molar-refractivity contribution in [3.63, 3.8) is 0 Å². The summed E-state index contributed by atoms with van der Waals surface area (Å²) in [6.45, 7) is 0.388. The van der Waals surface area contributed by atoms with Crippen LogP contribution in [0, 0.1) is 5.92 Å². The third-order valence-corrected chi connectivity index (χ3v) is 9.00. The molecule has 0 radical (unpaired) electrons. The number of nitrogens with zero attached hydrogens (tertiary/aromatic N) is 3. The van der Waals surface area contributed by atoms with E-state index in [-0.39, 0.29) is 39.7 Å². The van der Waals surface area contributed by atoms with E-state index in [0.29, 0.717) is 18.9 Å². The molecule has 3 aliphatic rings. The topological polar surface area (TPSA) is 115 Å². The molecule has 2 N–H and O–H groups in total. The molecule has 40 heavy (non-hydrogen) atoms. The summed E-state index contributed by atoms with van der Waals surface area (Å²) in [6, 6.07) is 6.56. The van der Waals surface area contributed by atoms with Crippen molar-refractivity contribution in [1.82, 2.24) is 14.5 Å². The Hall–Kier alpha value is -3.19. The Bertz CT molecular complexity index is 1570. The first-order valence-electron chi connectivity index (χ1n) is 13.5. The minimum Gasteiger partial charge on any atom is -0.358 e. The SMILES string of the molecule is CS(=O)(=O)c1cc(C2CCC2)ccc1Nc1cc(NC(=O)[C@H]2C[C@H]2F)nc2c1nc(C(F)F)n2C1CCCCO1. The van der Waals surface area contributed by atoms with Crippen LogP contribution in [0.1, 0.15) is 74.9 Å². The van der Waals surface area contributed by atoms with Gasteiger partial charge < -0.3 is 15.4 Å². The van der Waals surface area contributed by atoms with Gasteiger partial charge in [-0.25, -0.2) is 31.6 Å². The number of carbonyl (C=O) groups excluding carboxylic acids is 1. The van der Waals surface area contributed by atoms with Crippen LogP contribution in [0.5, 0.6) is 0 Å². The van der Waals surface area contributed by atoms with Crippen LogP contribution in [-0.4, -0.2) is 47.9 Å². The highest BCUT2D eigenvalue weighted by Gasteiger charge is 2.44. The van der Waals surface area contributed by atoms with Crippen molar-refractivity contribution in [3.05, 3.63) is 35.7 Å². The number of fused-ring (bicyclic) bond motifs is 1. The van der Waals surface area contributed by atoms with Crippen molar-refractivity contribution in [3.8, 4) is 0 Å². The van der Waals surface area contributed by atoms with E-state index in [9.17, 15) is 26.4 Å². The van der Waals surface area contributed by atoms with E-state index in [1.54, 1.807) is 12.1 Å². The van der Waals surface area contributed by atoms with E-state index in [1.165, 1.54) is 10.6 Å². The van der Waals surface area contributed by atoms with Crippen LogP contribution in [0.15, 0.2) is 29.2 Å². The van der Waals surface area contributed by atoms with Gasteiger partial charge in [0.1, 0.15) is 23.7 Å². The third kappa shape index (κ3) is 5.16. The smallest absolute Gasteiger partial charge is 0.295 e. The minimum atomic E-state index is -3.67. The summed E-state index contributed by atoms with van der Waals surface area (Å²) in [7, 11) is -3.67. The Kier molecular flexibility index (Phi) is 6.97. The maximum Gasteiger partial charge on any atom is 0.295 e. The monoisotopic (exact) mass is 577 g/mol. The zero-order valence-electron chi connectivity index (χ0n) is 21.9. The summed E-state index contributed by atoms with van der Waals surface area (Å²) in [5, 5.41) is 5.66. The lowest BCUT2D eigenvalue weighted by atomic mass is 9.80. The molecule has 2 aliphatic carbocycles. The van der Waals surface area contributed by atoms with Gasteiger partial charge in [-0.15, -0.1) is 0 Å². The summed E-state index contributed by atoms with van der Waals surface area (Å²) in [6.07, 6.45) is 1.39. The lowest BCUT2D eigenvalue weighted by molar-refractivity contribution is -0.117. The number of nitrogens with one attached hydrogen (secondary N) is 2. The molecule has 1 unspecified atom stereocenters. The maximum absolute atomic E-state index is 14.2. The van der Waals surface area contributed by atoms with E-state index in [4.69, 9.17) is 4.74 Å². The summed E-state index contributed by atoms with van der Waals surface area (Å²) in [4.78, 5) is 21.3. The number of anilines is 3.